The molecule has 0 radical (unpaired) electrons. The van der Waals surface area contributed by atoms with E-state index in [1.807, 2.05) is 24.6 Å². The third-order valence-electron chi connectivity index (χ3n) is 5.53. The molecule has 9 heteroatoms. The molecular formula is C23H27N5O4. The van der Waals surface area contributed by atoms with Crippen LogP contribution in [0.3, 0.4) is 0 Å². The van der Waals surface area contributed by atoms with Crippen LogP contribution in [-0.4, -0.2) is 60.1 Å². The number of aryl methyl sites for hydroxylation is 1. The molecule has 0 saturated carbocycles. The maximum absolute atomic E-state index is 13.1. The van der Waals surface area contributed by atoms with Gasteiger partial charge in [-0.3, -0.25) is 4.79 Å². The lowest BCUT2D eigenvalue weighted by molar-refractivity contribution is 0.0602. The number of benzene rings is 1. The summed E-state index contributed by atoms with van der Waals surface area (Å²) in [6.07, 6.45) is 1.70. The van der Waals surface area contributed by atoms with Gasteiger partial charge in [0.1, 0.15) is 0 Å². The number of nitrogens with zero attached hydrogens (tertiary/aromatic N) is 4. The van der Waals surface area contributed by atoms with Gasteiger partial charge < -0.3 is 19.7 Å². The number of aromatic nitrogens is 3. The molecule has 0 atom stereocenters. The highest BCUT2D eigenvalue weighted by atomic mass is 16.5. The Morgan fingerprint density at radius 1 is 1.16 bits per heavy atom. The molecule has 32 heavy (non-hydrogen) atoms. The quantitative estimate of drug-likeness (QED) is 0.612. The molecule has 1 aromatic carbocycles. The number of esters is 1. The fourth-order valence-electron chi connectivity index (χ4n) is 3.80. The molecule has 0 bridgehead atoms. The number of amides is 1. The van der Waals surface area contributed by atoms with E-state index in [2.05, 4.69) is 20.3 Å². The van der Waals surface area contributed by atoms with Gasteiger partial charge >= 0.3 is 5.97 Å². The van der Waals surface area contributed by atoms with Gasteiger partial charge in [0.2, 0.25) is 0 Å². The number of fused-ring (bicyclic) bond motifs is 1. The van der Waals surface area contributed by atoms with Crippen LogP contribution < -0.4 is 10.2 Å². The summed E-state index contributed by atoms with van der Waals surface area (Å²) >= 11 is 0. The minimum absolute atomic E-state index is 0.159. The molecule has 2 aromatic heterocycles. The lowest BCUT2D eigenvalue weighted by Gasteiger charge is -2.29. The fraction of sp³-hybridized carbons (Fsp3) is 0.391. The number of hydrogen-bond donors (Lipinski definition) is 1. The third kappa shape index (κ3) is 4.16. The second kappa shape index (κ2) is 8.96. The van der Waals surface area contributed by atoms with E-state index in [0.29, 0.717) is 35.7 Å². The van der Waals surface area contributed by atoms with Gasteiger partial charge in [-0.15, -0.1) is 0 Å². The minimum atomic E-state index is -0.515. The van der Waals surface area contributed by atoms with Gasteiger partial charge in [-0.2, -0.15) is 5.10 Å². The smallest absolute Gasteiger partial charge is 0.340 e. The Balaban J connectivity index is 1.65. The Kier molecular flexibility index (Phi) is 6.09. The number of ether oxygens (including phenoxy) is 2. The maximum Gasteiger partial charge on any atom is 0.340 e. The molecule has 3 heterocycles. The van der Waals surface area contributed by atoms with Crippen molar-refractivity contribution in [2.24, 2.45) is 0 Å². The van der Waals surface area contributed by atoms with Gasteiger partial charge in [0.25, 0.3) is 5.91 Å². The van der Waals surface area contributed by atoms with Crippen molar-refractivity contribution < 1.29 is 19.1 Å². The van der Waals surface area contributed by atoms with E-state index in [1.165, 1.54) is 7.11 Å². The number of pyridine rings is 1. The molecule has 0 unspecified atom stereocenters. The molecule has 1 N–H and O–H groups in total. The number of hydrogen-bond acceptors (Lipinski definition) is 7. The molecule has 9 nitrogen and oxygen atoms in total. The normalized spacial score (nSPS) is 14.1. The van der Waals surface area contributed by atoms with Gasteiger partial charge in [0, 0.05) is 30.2 Å². The van der Waals surface area contributed by atoms with Crippen molar-refractivity contribution in [3.63, 3.8) is 0 Å². The van der Waals surface area contributed by atoms with Gasteiger partial charge in [0.05, 0.1) is 49.0 Å². The topological polar surface area (TPSA) is 98.6 Å². The molecule has 0 spiro atoms. The first-order valence-corrected chi connectivity index (χ1v) is 10.6. The maximum atomic E-state index is 13.1. The van der Waals surface area contributed by atoms with E-state index in [1.54, 1.807) is 31.3 Å². The predicted octanol–water partition coefficient (Wildman–Crippen LogP) is 3.20. The summed E-state index contributed by atoms with van der Waals surface area (Å²) in [7, 11) is 1.32. The van der Waals surface area contributed by atoms with Crippen molar-refractivity contribution in [3.8, 4) is 0 Å². The zero-order chi connectivity index (χ0) is 22.8. The summed E-state index contributed by atoms with van der Waals surface area (Å²) in [5, 5.41) is 8.01. The molecule has 1 amide bonds. The zero-order valence-electron chi connectivity index (χ0n) is 18.7. The minimum Gasteiger partial charge on any atom is -0.465 e. The standard InChI is InChI=1S/C23H27N5O4/c1-14(2)28-21-16(13-24-28)11-18(15(3)25-21)22(29)26-20-6-5-17(12-19(20)23(30)31-4)27-7-9-32-10-8-27/h5-6,11-14H,7-10H2,1-4H3,(H,26,29). The first-order chi connectivity index (χ1) is 15.4. The van der Waals surface area contributed by atoms with Gasteiger partial charge in [0.15, 0.2) is 5.65 Å². The van der Waals surface area contributed by atoms with E-state index in [4.69, 9.17) is 9.47 Å². The molecule has 168 valence electrons. The highest BCUT2D eigenvalue weighted by Gasteiger charge is 2.21. The molecular weight excluding hydrogens is 410 g/mol. The van der Waals surface area contributed by atoms with Crippen molar-refractivity contribution >= 4 is 34.3 Å². The van der Waals surface area contributed by atoms with Gasteiger partial charge in [-0.05, 0) is 45.0 Å². The Morgan fingerprint density at radius 2 is 1.91 bits per heavy atom. The van der Waals surface area contributed by atoms with Crippen LogP contribution in [0.1, 0.15) is 46.3 Å². The van der Waals surface area contributed by atoms with Crippen molar-refractivity contribution in [2.45, 2.75) is 26.8 Å². The van der Waals surface area contributed by atoms with Crippen molar-refractivity contribution in [2.75, 3.05) is 43.6 Å². The number of carbonyl (C=O) groups is 2. The SMILES string of the molecule is COC(=O)c1cc(N2CCOCC2)ccc1NC(=O)c1cc2cnn(C(C)C)c2nc1C. The Morgan fingerprint density at radius 3 is 2.59 bits per heavy atom. The lowest BCUT2D eigenvalue weighted by Crippen LogP contribution is -2.36. The molecule has 4 rings (SSSR count). The fourth-order valence-corrected chi connectivity index (χ4v) is 3.80. The highest BCUT2D eigenvalue weighted by molar-refractivity contribution is 6.09. The second-order valence-corrected chi connectivity index (χ2v) is 7.99. The summed E-state index contributed by atoms with van der Waals surface area (Å²) in [4.78, 5) is 32.3. The lowest BCUT2D eigenvalue weighted by atomic mass is 10.1. The van der Waals surface area contributed by atoms with Gasteiger partial charge in [-0.25, -0.2) is 14.5 Å². The first-order valence-electron chi connectivity index (χ1n) is 10.6. The van der Waals surface area contributed by atoms with E-state index < -0.39 is 5.97 Å². The van der Waals surface area contributed by atoms with Crippen LogP contribution in [0.5, 0.6) is 0 Å². The predicted molar refractivity (Wildman–Crippen MR) is 121 cm³/mol. The van der Waals surface area contributed by atoms with Crippen LogP contribution in [-0.2, 0) is 9.47 Å². The number of rotatable bonds is 5. The molecule has 1 aliphatic heterocycles. The van der Waals surface area contributed by atoms with Crippen LogP contribution in [0, 0.1) is 6.92 Å². The average molecular weight is 438 g/mol. The molecule has 1 aliphatic rings. The van der Waals surface area contributed by atoms with Crippen LogP contribution >= 0.6 is 0 Å². The van der Waals surface area contributed by atoms with Crippen LogP contribution in [0.15, 0.2) is 30.5 Å². The first kappa shape index (κ1) is 21.8. The molecule has 0 aliphatic carbocycles. The summed E-state index contributed by atoms with van der Waals surface area (Å²) in [6, 6.07) is 7.29. The number of morpholine rings is 1. The zero-order valence-corrected chi connectivity index (χ0v) is 18.7. The molecule has 1 saturated heterocycles. The summed E-state index contributed by atoms with van der Waals surface area (Å²) < 4.78 is 12.2. The third-order valence-corrected chi connectivity index (χ3v) is 5.53. The van der Waals surface area contributed by atoms with E-state index >= 15 is 0 Å². The number of carbonyl (C=O) groups excluding carboxylic acids is 2. The van der Waals surface area contributed by atoms with Gasteiger partial charge in [-0.1, -0.05) is 0 Å². The highest BCUT2D eigenvalue weighted by Crippen LogP contribution is 2.26. The Hall–Kier alpha value is -3.46. The van der Waals surface area contributed by atoms with Crippen LogP contribution in [0.2, 0.25) is 0 Å². The molecule has 3 aromatic rings. The average Bonchev–Trinajstić information content (AvgIpc) is 3.21. The molecule has 1 fully saturated rings. The largest absolute Gasteiger partial charge is 0.465 e. The van der Waals surface area contributed by atoms with Crippen molar-refractivity contribution in [3.05, 3.63) is 47.3 Å². The number of nitrogens with one attached hydrogen (secondary N) is 1. The van der Waals surface area contributed by atoms with Crippen LogP contribution in [0.25, 0.3) is 11.0 Å². The summed E-state index contributed by atoms with van der Waals surface area (Å²) in [5.74, 6) is -0.864. The summed E-state index contributed by atoms with van der Waals surface area (Å²) in [6.45, 7) is 8.58. The van der Waals surface area contributed by atoms with E-state index in [0.717, 1.165) is 29.8 Å². The second-order valence-electron chi connectivity index (χ2n) is 7.99. The van der Waals surface area contributed by atoms with E-state index in [9.17, 15) is 9.59 Å². The number of anilines is 2. The van der Waals surface area contributed by atoms with Crippen molar-refractivity contribution in [1.29, 1.82) is 0 Å². The Labute approximate surface area is 186 Å². The monoisotopic (exact) mass is 437 g/mol. The Bertz CT molecular complexity index is 1160. The van der Waals surface area contributed by atoms with Crippen molar-refractivity contribution in [1.82, 2.24) is 14.8 Å². The van der Waals surface area contributed by atoms with E-state index in [-0.39, 0.29) is 11.9 Å². The van der Waals surface area contributed by atoms with Crippen LogP contribution in [0.4, 0.5) is 11.4 Å². The number of methoxy groups -OCH3 is 1. The summed E-state index contributed by atoms with van der Waals surface area (Å²) in [5.41, 5.74) is 3.31.